The predicted molar refractivity (Wildman–Crippen MR) is 102 cm³/mol. The lowest BCUT2D eigenvalue weighted by molar-refractivity contribution is -0.124. The molecular weight excluding hydrogens is 342 g/mol. The van der Waals surface area contributed by atoms with Crippen LogP contribution in [0.3, 0.4) is 0 Å². The van der Waals surface area contributed by atoms with Crippen LogP contribution in [0.4, 0.5) is 0 Å². The Kier molecular flexibility index (Phi) is 5.49. The summed E-state index contributed by atoms with van der Waals surface area (Å²) in [4.78, 5) is 25.2. The average Bonchev–Trinajstić information content (AvgIpc) is 3.10. The lowest BCUT2D eigenvalue weighted by Gasteiger charge is -2.23. The zero-order chi connectivity index (χ0) is 19.4. The third-order valence-corrected chi connectivity index (χ3v) is 4.36. The fourth-order valence-electron chi connectivity index (χ4n) is 2.87. The Morgan fingerprint density at radius 1 is 0.926 bits per heavy atom. The third-order valence-electron chi connectivity index (χ3n) is 4.36. The van der Waals surface area contributed by atoms with Crippen LogP contribution >= 0.6 is 0 Å². The van der Waals surface area contributed by atoms with Crippen molar-refractivity contribution >= 4 is 17.5 Å². The summed E-state index contributed by atoms with van der Waals surface area (Å²) in [6.07, 6.45) is 1.85. The van der Waals surface area contributed by atoms with Gasteiger partial charge in [0.05, 0.1) is 6.04 Å². The second-order valence-corrected chi connectivity index (χ2v) is 6.78. The molecule has 0 fully saturated rings. The molecule has 0 aliphatic heterocycles. The van der Waals surface area contributed by atoms with E-state index in [9.17, 15) is 9.59 Å². The number of carbonyl (C=O) groups excluding carboxylic acids is 2. The third kappa shape index (κ3) is 4.13. The highest BCUT2D eigenvalue weighted by molar-refractivity contribution is 5.97. The molecule has 2 heterocycles. The second kappa shape index (κ2) is 7.99. The van der Waals surface area contributed by atoms with Crippen LogP contribution in [0.25, 0.3) is 5.65 Å². The van der Waals surface area contributed by atoms with Crippen molar-refractivity contribution in [3.63, 3.8) is 0 Å². The van der Waals surface area contributed by atoms with Crippen LogP contribution in [0.5, 0.6) is 0 Å². The fraction of sp³-hybridized carbons (Fsp3) is 0.300. The Morgan fingerprint density at radius 2 is 1.63 bits per heavy atom. The van der Waals surface area contributed by atoms with Gasteiger partial charge in [-0.15, -0.1) is 10.2 Å². The summed E-state index contributed by atoms with van der Waals surface area (Å²) in [6.45, 7) is 5.64. The van der Waals surface area contributed by atoms with Crippen molar-refractivity contribution in [2.24, 2.45) is 5.92 Å². The lowest BCUT2D eigenvalue weighted by atomic mass is 10.0. The molecule has 2 aromatic heterocycles. The van der Waals surface area contributed by atoms with E-state index >= 15 is 0 Å². The molecule has 7 heteroatoms. The first kappa shape index (κ1) is 18.6. The number of fused-ring (bicyclic) bond motifs is 1. The summed E-state index contributed by atoms with van der Waals surface area (Å²) in [6, 6.07) is 13.5. The lowest BCUT2D eigenvalue weighted by Crippen LogP contribution is -2.50. The maximum absolute atomic E-state index is 12.8. The topological polar surface area (TPSA) is 88.4 Å². The van der Waals surface area contributed by atoms with E-state index in [1.165, 1.54) is 0 Å². The van der Waals surface area contributed by atoms with Gasteiger partial charge in [-0.25, -0.2) is 0 Å². The molecule has 2 amide bonds. The Morgan fingerprint density at radius 3 is 2.33 bits per heavy atom. The minimum Gasteiger partial charge on any atom is -0.345 e. The number of pyridine rings is 1. The standard InChI is InChI=1S/C20H23N5O2/c1-13(2)17(22-19(26)15-9-5-4-6-10-15)20(27)21-14(3)18-24-23-16-11-7-8-12-25(16)18/h4-14,17H,1-3H3,(H,21,27)(H,22,26)/t14-,17+/m0/s1. The van der Waals surface area contributed by atoms with Gasteiger partial charge in [-0.3, -0.25) is 14.0 Å². The van der Waals surface area contributed by atoms with Crippen molar-refractivity contribution in [3.05, 3.63) is 66.1 Å². The molecule has 0 aliphatic carbocycles. The van der Waals surface area contributed by atoms with Gasteiger partial charge in [0.15, 0.2) is 11.5 Å². The second-order valence-electron chi connectivity index (χ2n) is 6.78. The van der Waals surface area contributed by atoms with E-state index < -0.39 is 6.04 Å². The summed E-state index contributed by atoms with van der Waals surface area (Å²) >= 11 is 0. The summed E-state index contributed by atoms with van der Waals surface area (Å²) in [7, 11) is 0. The van der Waals surface area contributed by atoms with E-state index in [1.54, 1.807) is 24.3 Å². The summed E-state index contributed by atoms with van der Waals surface area (Å²) in [5.41, 5.74) is 1.24. The molecule has 0 saturated heterocycles. The number of hydrogen-bond acceptors (Lipinski definition) is 4. The van der Waals surface area contributed by atoms with E-state index in [2.05, 4.69) is 20.8 Å². The van der Waals surface area contributed by atoms with Crippen LogP contribution in [-0.2, 0) is 4.79 Å². The van der Waals surface area contributed by atoms with Crippen LogP contribution < -0.4 is 10.6 Å². The molecule has 0 radical (unpaired) electrons. The molecular formula is C20H23N5O2. The summed E-state index contributed by atoms with van der Waals surface area (Å²) < 4.78 is 1.83. The smallest absolute Gasteiger partial charge is 0.251 e. The average molecular weight is 365 g/mol. The highest BCUT2D eigenvalue weighted by Crippen LogP contribution is 2.13. The monoisotopic (exact) mass is 365 g/mol. The first-order valence-electron chi connectivity index (χ1n) is 8.93. The molecule has 0 unspecified atom stereocenters. The number of nitrogens with one attached hydrogen (secondary N) is 2. The molecule has 140 valence electrons. The number of benzene rings is 1. The van der Waals surface area contributed by atoms with E-state index in [1.807, 2.05) is 55.6 Å². The van der Waals surface area contributed by atoms with E-state index in [-0.39, 0.29) is 23.8 Å². The van der Waals surface area contributed by atoms with E-state index in [4.69, 9.17) is 0 Å². The SMILES string of the molecule is CC(C)[C@@H](NC(=O)c1ccccc1)C(=O)N[C@@H](C)c1nnc2ccccn12. The summed E-state index contributed by atoms with van der Waals surface area (Å²) in [5.74, 6) is 0.0374. The normalized spacial score (nSPS) is 13.3. The van der Waals surface area contributed by atoms with Crippen molar-refractivity contribution < 1.29 is 9.59 Å². The van der Waals surface area contributed by atoms with Crippen LogP contribution in [0.2, 0.25) is 0 Å². The highest BCUT2D eigenvalue weighted by atomic mass is 16.2. The number of carbonyl (C=O) groups is 2. The molecule has 1 aromatic carbocycles. The first-order valence-corrected chi connectivity index (χ1v) is 8.93. The minimum absolute atomic E-state index is 0.0694. The molecule has 2 N–H and O–H groups in total. The molecule has 0 aliphatic rings. The van der Waals surface area contributed by atoms with Gasteiger partial charge in [0.25, 0.3) is 5.91 Å². The quantitative estimate of drug-likeness (QED) is 0.702. The molecule has 27 heavy (non-hydrogen) atoms. The Bertz CT molecular complexity index is 936. The molecule has 2 atom stereocenters. The van der Waals surface area contributed by atoms with E-state index in [0.29, 0.717) is 17.0 Å². The maximum atomic E-state index is 12.8. The van der Waals surface area contributed by atoms with Gasteiger partial charge in [0, 0.05) is 11.8 Å². The van der Waals surface area contributed by atoms with E-state index in [0.717, 1.165) is 0 Å². The number of nitrogens with zero attached hydrogens (tertiary/aromatic N) is 3. The minimum atomic E-state index is -0.653. The van der Waals surface area contributed by atoms with Crippen molar-refractivity contribution in [2.75, 3.05) is 0 Å². The van der Waals surface area contributed by atoms with Crippen LogP contribution in [0, 0.1) is 5.92 Å². The first-order chi connectivity index (χ1) is 13.0. The zero-order valence-corrected chi connectivity index (χ0v) is 15.6. The molecule has 0 spiro atoms. The van der Waals surface area contributed by atoms with Gasteiger partial charge in [-0.1, -0.05) is 38.1 Å². The number of rotatable bonds is 6. The number of aromatic nitrogens is 3. The van der Waals surface area contributed by atoms with Crippen molar-refractivity contribution in [3.8, 4) is 0 Å². The Hall–Kier alpha value is -3.22. The van der Waals surface area contributed by atoms with Gasteiger partial charge >= 0.3 is 0 Å². The molecule has 7 nitrogen and oxygen atoms in total. The zero-order valence-electron chi connectivity index (χ0n) is 15.6. The van der Waals surface area contributed by atoms with Crippen molar-refractivity contribution in [1.29, 1.82) is 0 Å². The molecule has 0 saturated carbocycles. The van der Waals surface area contributed by atoms with Gasteiger partial charge < -0.3 is 10.6 Å². The van der Waals surface area contributed by atoms with Crippen LogP contribution in [-0.4, -0.2) is 32.5 Å². The van der Waals surface area contributed by atoms with Gasteiger partial charge in [0.2, 0.25) is 5.91 Å². The molecule has 0 bridgehead atoms. The molecule has 3 aromatic rings. The number of amides is 2. The Labute approximate surface area is 157 Å². The van der Waals surface area contributed by atoms with Crippen molar-refractivity contribution in [1.82, 2.24) is 25.2 Å². The summed E-state index contributed by atoms with van der Waals surface area (Å²) in [5, 5.41) is 14.0. The van der Waals surface area contributed by atoms with Gasteiger partial charge in [-0.05, 0) is 37.1 Å². The van der Waals surface area contributed by atoms with Crippen molar-refractivity contribution in [2.45, 2.75) is 32.9 Å². The Balaban J connectivity index is 1.72. The predicted octanol–water partition coefficient (Wildman–Crippen LogP) is 2.36. The number of hydrogen-bond donors (Lipinski definition) is 2. The van der Waals surface area contributed by atoms with Gasteiger partial charge in [-0.2, -0.15) is 0 Å². The fourth-order valence-corrected chi connectivity index (χ4v) is 2.87. The van der Waals surface area contributed by atoms with Gasteiger partial charge in [0.1, 0.15) is 6.04 Å². The molecule has 3 rings (SSSR count). The highest BCUT2D eigenvalue weighted by Gasteiger charge is 2.27. The largest absolute Gasteiger partial charge is 0.345 e. The van der Waals surface area contributed by atoms with Crippen LogP contribution in [0.15, 0.2) is 54.7 Å². The maximum Gasteiger partial charge on any atom is 0.251 e. The van der Waals surface area contributed by atoms with Crippen LogP contribution in [0.1, 0.15) is 43.0 Å².